The van der Waals surface area contributed by atoms with Gasteiger partial charge >= 0.3 is 0 Å². The summed E-state index contributed by atoms with van der Waals surface area (Å²) in [6.45, 7) is 1.10. The summed E-state index contributed by atoms with van der Waals surface area (Å²) in [6.07, 6.45) is -1.92. The molecule has 10 nitrogen and oxygen atoms in total. The van der Waals surface area contributed by atoms with Crippen molar-refractivity contribution >= 4 is 23.2 Å². The fourth-order valence-electron chi connectivity index (χ4n) is 5.13. The highest BCUT2D eigenvalue weighted by atomic mass is 35.5. The van der Waals surface area contributed by atoms with Crippen LogP contribution < -0.4 is 0 Å². The zero-order valence-electron chi connectivity index (χ0n) is 21.0. The minimum atomic E-state index is -1.47. The summed E-state index contributed by atoms with van der Waals surface area (Å²) in [4.78, 5) is 4.53. The first-order valence-electron chi connectivity index (χ1n) is 12.6. The monoisotopic (exact) mass is 592 g/mol. The Hall–Kier alpha value is -3.00. The van der Waals surface area contributed by atoms with E-state index >= 15 is 0 Å². The Balaban J connectivity index is 1.40. The number of aliphatic hydroxyl groups excluding tert-OH is 3. The average molecular weight is 593 g/mol. The minimum absolute atomic E-state index is 0.0527. The number of rotatable bonds is 6. The molecule has 40 heavy (non-hydrogen) atoms. The molecule has 1 aliphatic heterocycles. The molecule has 0 spiro atoms. The number of nitrogens with zero attached hydrogens (tertiary/aromatic N) is 6. The number of aryl methyl sites for hydroxylation is 1. The molecule has 5 atom stereocenters. The lowest BCUT2D eigenvalue weighted by molar-refractivity contribution is -0.210. The maximum atomic E-state index is 14.6. The molecule has 0 unspecified atom stereocenters. The van der Waals surface area contributed by atoms with Crippen molar-refractivity contribution in [3.05, 3.63) is 75.4 Å². The largest absolute Gasteiger partial charge is 0.394 e. The first-order chi connectivity index (χ1) is 19.2. The third-order valence-corrected chi connectivity index (χ3v) is 7.78. The SMILES string of the molecule is Cc1nc([C@@H]2O[C@H](CO)[C@H](O)[C@H](n3cc(-c4ccc(Cl)c(F)c4F)nn3)[C@H]2O)n(-c2cc(Cl)ccc2C2CC2)n1. The maximum absolute atomic E-state index is 14.6. The lowest BCUT2D eigenvalue weighted by Crippen LogP contribution is -2.53. The van der Waals surface area contributed by atoms with Crippen LogP contribution in [-0.2, 0) is 4.74 Å². The quantitative estimate of drug-likeness (QED) is 0.289. The van der Waals surface area contributed by atoms with Gasteiger partial charge in [-0.3, -0.25) is 0 Å². The van der Waals surface area contributed by atoms with Crippen molar-refractivity contribution in [3.63, 3.8) is 0 Å². The summed E-state index contributed by atoms with van der Waals surface area (Å²) in [5.41, 5.74) is 1.45. The van der Waals surface area contributed by atoms with E-state index in [0.29, 0.717) is 22.5 Å². The molecule has 0 amide bonds. The molecular weight excluding hydrogens is 569 g/mol. The van der Waals surface area contributed by atoms with Gasteiger partial charge in [0.2, 0.25) is 0 Å². The molecule has 3 N–H and O–H groups in total. The molecule has 6 rings (SSSR count). The lowest BCUT2D eigenvalue weighted by Gasteiger charge is -2.41. The van der Waals surface area contributed by atoms with Crippen LogP contribution in [-0.4, -0.2) is 70.0 Å². The second kappa shape index (κ2) is 10.4. The number of benzene rings is 2. The standard InChI is InChI=1S/C26H24Cl2F2N6O4/c1-11-31-26(36(33-11)18-8-13(27)4-5-14(18)12-2-3-12)25-24(39)22(23(38)19(10-37)40-25)35-9-17(32-34-35)15-6-7-16(28)21(30)20(15)29/h4-9,12,19,22-25,37-39H,2-3,10H2,1H3/t19-,22+,23+,24-,25-/m1/s1. The van der Waals surface area contributed by atoms with Gasteiger partial charge in [-0.05, 0) is 55.5 Å². The Morgan fingerprint density at radius 3 is 2.58 bits per heavy atom. The van der Waals surface area contributed by atoms with Crippen LogP contribution in [0.5, 0.6) is 0 Å². The molecule has 1 saturated heterocycles. The van der Waals surface area contributed by atoms with Crippen molar-refractivity contribution in [1.29, 1.82) is 0 Å². The summed E-state index contributed by atoms with van der Waals surface area (Å²) in [7, 11) is 0. The van der Waals surface area contributed by atoms with Crippen molar-refractivity contribution in [2.24, 2.45) is 0 Å². The van der Waals surface area contributed by atoms with Gasteiger partial charge in [0.25, 0.3) is 0 Å². The van der Waals surface area contributed by atoms with Gasteiger partial charge in [-0.15, -0.1) is 5.10 Å². The van der Waals surface area contributed by atoms with Crippen molar-refractivity contribution in [3.8, 4) is 16.9 Å². The third-order valence-electron chi connectivity index (χ3n) is 7.25. The summed E-state index contributed by atoms with van der Waals surface area (Å²) < 4.78 is 37.3. The molecule has 0 bridgehead atoms. The van der Waals surface area contributed by atoms with E-state index in [-0.39, 0.29) is 22.1 Å². The van der Waals surface area contributed by atoms with E-state index in [4.69, 9.17) is 27.9 Å². The molecule has 2 aromatic carbocycles. The van der Waals surface area contributed by atoms with Gasteiger partial charge in [-0.25, -0.2) is 23.1 Å². The predicted octanol–water partition coefficient (Wildman–Crippen LogP) is 3.69. The van der Waals surface area contributed by atoms with E-state index in [1.165, 1.54) is 18.3 Å². The van der Waals surface area contributed by atoms with E-state index in [1.807, 2.05) is 6.07 Å². The van der Waals surface area contributed by atoms with Crippen LogP contribution in [0.15, 0.2) is 36.5 Å². The topological polar surface area (TPSA) is 131 Å². The predicted molar refractivity (Wildman–Crippen MR) is 139 cm³/mol. The molecule has 3 heterocycles. The van der Waals surface area contributed by atoms with Gasteiger partial charge in [0, 0.05) is 10.6 Å². The fraction of sp³-hybridized carbons (Fsp3) is 0.385. The van der Waals surface area contributed by atoms with Crippen molar-refractivity contribution in [1.82, 2.24) is 29.8 Å². The number of halogens is 4. The van der Waals surface area contributed by atoms with Gasteiger partial charge in [0.15, 0.2) is 17.5 Å². The molecule has 210 valence electrons. The van der Waals surface area contributed by atoms with Crippen molar-refractivity contribution < 1.29 is 28.8 Å². The first-order valence-corrected chi connectivity index (χ1v) is 13.3. The second-order valence-corrected chi connectivity index (χ2v) is 10.8. The van der Waals surface area contributed by atoms with Crippen LogP contribution in [0.2, 0.25) is 10.0 Å². The summed E-state index contributed by atoms with van der Waals surface area (Å²) >= 11 is 12.0. The Labute approximate surface area is 236 Å². The van der Waals surface area contributed by atoms with E-state index in [9.17, 15) is 24.1 Å². The van der Waals surface area contributed by atoms with Gasteiger partial charge in [0.1, 0.15) is 42.0 Å². The molecular formula is C26H24Cl2F2N6O4. The zero-order valence-corrected chi connectivity index (χ0v) is 22.5. The Morgan fingerprint density at radius 2 is 1.85 bits per heavy atom. The maximum Gasteiger partial charge on any atom is 0.178 e. The van der Waals surface area contributed by atoms with Crippen molar-refractivity contribution in [2.75, 3.05) is 6.61 Å². The zero-order chi connectivity index (χ0) is 28.3. The van der Waals surface area contributed by atoms with Gasteiger partial charge < -0.3 is 20.1 Å². The van der Waals surface area contributed by atoms with Crippen molar-refractivity contribution in [2.45, 2.75) is 56.1 Å². The second-order valence-electron chi connectivity index (χ2n) is 9.96. The highest BCUT2D eigenvalue weighted by Crippen LogP contribution is 2.45. The van der Waals surface area contributed by atoms with Crippen LogP contribution >= 0.6 is 23.2 Å². The third kappa shape index (κ3) is 4.68. The number of hydrogen-bond acceptors (Lipinski definition) is 8. The highest BCUT2D eigenvalue weighted by Gasteiger charge is 2.48. The normalized spacial score (nSPS) is 24.9. The number of aromatic nitrogens is 6. The Bertz CT molecular complexity index is 1580. The van der Waals surface area contributed by atoms with Crippen LogP contribution in [0.1, 0.15) is 48.1 Å². The van der Waals surface area contributed by atoms with Crippen LogP contribution in [0.3, 0.4) is 0 Å². The summed E-state index contributed by atoms with van der Waals surface area (Å²) in [6, 6.07) is 6.74. The smallest absolute Gasteiger partial charge is 0.178 e. The Kier molecular flexibility index (Phi) is 7.09. The highest BCUT2D eigenvalue weighted by molar-refractivity contribution is 6.31. The number of aliphatic hydroxyl groups is 3. The average Bonchev–Trinajstić information content (AvgIpc) is 3.54. The number of hydrogen-bond donors (Lipinski definition) is 3. The minimum Gasteiger partial charge on any atom is -0.394 e. The van der Waals surface area contributed by atoms with E-state index in [0.717, 1.165) is 23.1 Å². The molecule has 1 saturated carbocycles. The lowest BCUT2D eigenvalue weighted by atomic mass is 9.92. The molecule has 2 aromatic heterocycles. The van der Waals surface area contributed by atoms with Gasteiger partial charge in [0.05, 0.1) is 23.5 Å². The van der Waals surface area contributed by atoms with E-state index in [1.54, 1.807) is 23.7 Å². The molecule has 0 radical (unpaired) electrons. The fourth-order valence-corrected chi connectivity index (χ4v) is 5.44. The molecule has 1 aliphatic carbocycles. The summed E-state index contributed by atoms with van der Waals surface area (Å²) in [5, 5.41) is 45.2. The van der Waals surface area contributed by atoms with Crippen LogP contribution in [0.25, 0.3) is 16.9 Å². The van der Waals surface area contributed by atoms with E-state index in [2.05, 4.69) is 20.4 Å². The summed E-state index contributed by atoms with van der Waals surface area (Å²) in [5.74, 6) is -1.47. The number of ether oxygens (including phenoxy) is 1. The molecule has 2 fully saturated rings. The first kappa shape index (κ1) is 27.2. The van der Waals surface area contributed by atoms with E-state index < -0.39 is 48.7 Å². The molecule has 14 heteroatoms. The van der Waals surface area contributed by atoms with Crippen LogP contribution in [0.4, 0.5) is 8.78 Å². The van der Waals surface area contributed by atoms with Gasteiger partial charge in [-0.2, -0.15) is 5.10 Å². The Morgan fingerprint density at radius 1 is 1.07 bits per heavy atom. The van der Waals surface area contributed by atoms with Crippen LogP contribution in [0, 0.1) is 18.6 Å². The molecule has 2 aliphatic rings. The van der Waals surface area contributed by atoms with Gasteiger partial charge in [-0.1, -0.05) is 34.5 Å². The molecule has 4 aromatic rings.